The lowest BCUT2D eigenvalue weighted by molar-refractivity contribution is 0.177. The summed E-state index contributed by atoms with van der Waals surface area (Å²) < 4.78 is 1.81. The van der Waals surface area contributed by atoms with Crippen molar-refractivity contribution in [2.75, 3.05) is 0 Å². The molecule has 2 aromatic rings. The monoisotopic (exact) mass is 389 g/mol. The number of aliphatic hydroxyl groups excluding tert-OH is 1. The number of rotatable bonds is 3. The first-order valence-electron chi connectivity index (χ1n) is 5.29. The molecule has 1 aromatic heterocycles. The van der Waals surface area contributed by atoms with Gasteiger partial charge in [-0.2, -0.15) is 0 Å². The van der Waals surface area contributed by atoms with Crippen molar-refractivity contribution in [3.05, 3.63) is 61.8 Å². The van der Waals surface area contributed by atoms with Gasteiger partial charge in [0.05, 0.1) is 6.10 Å². The van der Waals surface area contributed by atoms with Crippen LogP contribution in [0.2, 0.25) is 5.02 Å². The Kier molecular flexibility index (Phi) is 4.78. The highest BCUT2D eigenvalue weighted by Crippen LogP contribution is 2.28. The molecule has 0 aliphatic heterocycles. The summed E-state index contributed by atoms with van der Waals surface area (Å²) in [7, 11) is 0. The second-order valence-corrected chi connectivity index (χ2v) is 6.09. The van der Waals surface area contributed by atoms with Crippen LogP contribution in [0.25, 0.3) is 0 Å². The zero-order chi connectivity index (χ0) is 13.1. The Hall–Kier alpha value is -0.420. The summed E-state index contributed by atoms with van der Waals surface area (Å²) in [6.07, 6.45) is 1.50. The van der Waals surface area contributed by atoms with E-state index in [1.807, 2.05) is 24.3 Å². The Morgan fingerprint density at radius 3 is 2.50 bits per heavy atom. The van der Waals surface area contributed by atoms with E-state index < -0.39 is 6.10 Å². The molecule has 18 heavy (non-hydrogen) atoms. The van der Waals surface area contributed by atoms with Crippen molar-refractivity contribution >= 4 is 43.5 Å². The molecule has 0 fully saturated rings. The average molecular weight is 391 g/mol. The van der Waals surface area contributed by atoms with Crippen molar-refractivity contribution < 1.29 is 5.11 Å². The van der Waals surface area contributed by atoms with Crippen molar-refractivity contribution in [2.24, 2.45) is 0 Å². The molecule has 5 heteroatoms. The first-order chi connectivity index (χ1) is 8.56. The van der Waals surface area contributed by atoms with Crippen LogP contribution in [0.5, 0.6) is 0 Å². The first-order valence-corrected chi connectivity index (χ1v) is 7.26. The third-order valence-corrected chi connectivity index (χ3v) is 3.80. The second-order valence-electron chi connectivity index (χ2n) is 3.85. The van der Waals surface area contributed by atoms with Gasteiger partial charge in [0.15, 0.2) is 0 Å². The fourth-order valence-corrected chi connectivity index (χ4v) is 2.64. The van der Waals surface area contributed by atoms with Crippen molar-refractivity contribution in [1.82, 2.24) is 4.98 Å². The molecule has 1 heterocycles. The zero-order valence-corrected chi connectivity index (χ0v) is 13.2. The number of aromatic nitrogens is 1. The van der Waals surface area contributed by atoms with Crippen LogP contribution in [0, 0.1) is 0 Å². The summed E-state index contributed by atoms with van der Waals surface area (Å²) >= 11 is 12.8. The van der Waals surface area contributed by atoms with E-state index in [0.29, 0.717) is 17.0 Å². The predicted molar refractivity (Wildman–Crippen MR) is 79.8 cm³/mol. The molecule has 0 bridgehead atoms. The molecule has 0 saturated carbocycles. The van der Waals surface area contributed by atoms with E-state index in [1.54, 1.807) is 12.3 Å². The molecule has 0 saturated heterocycles. The Bertz CT molecular complexity index is 545. The molecule has 0 amide bonds. The summed E-state index contributed by atoms with van der Waals surface area (Å²) in [5.74, 6) is 0. The molecule has 2 nitrogen and oxygen atoms in total. The maximum absolute atomic E-state index is 10.2. The maximum Gasteiger partial charge on any atom is 0.0859 e. The Balaban J connectivity index is 2.16. The van der Waals surface area contributed by atoms with Gasteiger partial charge in [0.2, 0.25) is 0 Å². The Morgan fingerprint density at radius 1 is 1.17 bits per heavy atom. The van der Waals surface area contributed by atoms with Gasteiger partial charge >= 0.3 is 0 Å². The molecule has 1 unspecified atom stereocenters. The minimum atomic E-state index is -0.653. The highest BCUT2D eigenvalue weighted by Gasteiger charge is 2.13. The largest absolute Gasteiger partial charge is 0.388 e. The highest BCUT2D eigenvalue weighted by molar-refractivity contribution is 9.10. The van der Waals surface area contributed by atoms with Crippen LogP contribution in [0.4, 0.5) is 0 Å². The fourth-order valence-electron chi connectivity index (χ4n) is 1.61. The first kappa shape index (κ1) is 14.0. The van der Waals surface area contributed by atoms with Crippen LogP contribution < -0.4 is 0 Å². The molecule has 1 N–H and O–H groups in total. The van der Waals surface area contributed by atoms with Gasteiger partial charge in [-0.05, 0) is 45.8 Å². The number of nitrogens with zero attached hydrogens (tertiary/aromatic N) is 1. The number of aliphatic hydroxyl groups is 1. The number of pyridine rings is 1. The minimum Gasteiger partial charge on any atom is -0.388 e. The van der Waals surface area contributed by atoms with E-state index in [0.717, 1.165) is 14.6 Å². The molecule has 2 rings (SSSR count). The van der Waals surface area contributed by atoms with Crippen LogP contribution in [0.1, 0.15) is 17.4 Å². The van der Waals surface area contributed by atoms with Crippen LogP contribution in [0.15, 0.2) is 45.5 Å². The minimum absolute atomic E-state index is 0.439. The van der Waals surface area contributed by atoms with E-state index in [2.05, 4.69) is 36.8 Å². The van der Waals surface area contributed by atoms with Gasteiger partial charge in [-0.15, -0.1) is 0 Å². The highest BCUT2D eigenvalue weighted by atomic mass is 79.9. The smallest absolute Gasteiger partial charge is 0.0859 e. The van der Waals surface area contributed by atoms with Crippen molar-refractivity contribution in [1.29, 1.82) is 0 Å². The number of hydrogen-bond donors (Lipinski definition) is 1. The summed E-state index contributed by atoms with van der Waals surface area (Å²) in [6, 6.07) is 9.23. The molecule has 0 radical (unpaired) electrons. The Morgan fingerprint density at radius 2 is 1.89 bits per heavy atom. The average Bonchev–Trinajstić information content (AvgIpc) is 2.32. The number of halogens is 3. The molecule has 94 valence electrons. The van der Waals surface area contributed by atoms with Crippen molar-refractivity contribution in [3.8, 4) is 0 Å². The van der Waals surface area contributed by atoms with Gasteiger partial charge in [0, 0.05) is 32.3 Å². The summed E-state index contributed by atoms with van der Waals surface area (Å²) in [6.45, 7) is 0. The molecule has 0 spiro atoms. The summed E-state index contributed by atoms with van der Waals surface area (Å²) in [5.41, 5.74) is 1.54. The SMILES string of the molecule is OC(Cc1ccc(Br)cn1)c1ccc(Br)cc1Cl. The maximum atomic E-state index is 10.2. The van der Waals surface area contributed by atoms with Gasteiger partial charge in [-0.1, -0.05) is 33.6 Å². The third kappa shape index (κ3) is 3.54. The topological polar surface area (TPSA) is 33.1 Å². The number of hydrogen-bond acceptors (Lipinski definition) is 2. The van der Waals surface area contributed by atoms with E-state index in [-0.39, 0.29) is 0 Å². The lowest BCUT2D eigenvalue weighted by Gasteiger charge is -2.12. The van der Waals surface area contributed by atoms with Crippen LogP contribution >= 0.6 is 43.5 Å². The summed E-state index contributed by atoms with van der Waals surface area (Å²) in [5, 5.41) is 10.7. The molecule has 0 aliphatic rings. The van der Waals surface area contributed by atoms with E-state index in [4.69, 9.17) is 11.6 Å². The van der Waals surface area contributed by atoms with Crippen LogP contribution in [0.3, 0.4) is 0 Å². The molecule has 0 aliphatic carbocycles. The van der Waals surface area contributed by atoms with Crippen LogP contribution in [-0.2, 0) is 6.42 Å². The van der Waals surface area contributed by atoms with Gasteiger partial charge < -0.3 is 5.11 Å². The van der Waals surface area contributed by atoms with Crippen molar-refractivity contribution in [2.45, 2.75) is 12.5 Å². The van der Waals surface area contributed by atoms with E-state index >= 15 is 0 Å². The second kappa shape index (κ2) is 6.15. The van der Waals surface area contributed by atoms with E-state index in [1.165, 1.54) is 0 Å². The van der Waals surface area contributed by atoms with Crippen molar-refractivity contribution in [3.63, 3.8) is 0 Å². The predicted octanol–water partition coefficient (Wildman–Crippen LogP) is 4.54. The molecule has 1 aromatic carbocycles. The van der Waals surface area contributed by atoms with Gasteiger partial charge in [0.25, 0.3) is 0 Å². The molecular weight excluding hydrogens is 381 g/mol. The van der Waals surface area contributed by atoms with Gasteiger partial charge in [-0.25, -0.2) is 0 Å². The van der Waals surface area contributed by atoms with Gasteiger partial charge in [0.1, 0.15) is 0 Å². The fraction of sp³-hybridized carbons (Fsp3) is 0.154. The molecular formula is C13H10Br2ClNO. The lowest BCUT2D eigenvalue weighted by atomic mass is 10.0. The van der Waals surface area contributed by atoms with Crippen LogP contribution in [-0.4, -0.2) is 10.1 Å². The number of benzene rings is 1. The Labute approximate surface area is 127 Å². The lowest BCUT2D eigenvalue weighted by Crippen LogP contribution is -2.04. The third-order valence-electron chi connectivity index (χ3n) is 2.51. The normalized spacial score (nSPS) is 12.4. The zero-order valence-electron chi connectivity index (χ0n) is 9.28. The van der Waals surface area contributed by atoms with E-state index in [9.17, 15) is 5.11 Å². The quantitative estimate of drug-likeness (QED) is 0.834. The molecule has 1 atom stereocenters. The van der Waals surface area contributed by atoms with Gasteiger partial charge in [-0.3, -0.25) is 4.98 Å². The standard InChI is InChI=1S/C13H10Br2ClNO/c14-8-2-4-11(12(16)5-8)13(18)6-10-3-1-9(15)7-17-10/h1-5,7,13,18H,6H2. The summed E-state index contributed by atoms with van der Waals surface area (Å²) in [4.78, 5) is 4.23.